The molecule has 2 aromatic carbocycles. The highest BCUT2D eigenvalue weighted by Crippen LogP contribution is 2.35. The summed E-state index contributed by atoms with van der Waals surface area (Å²) in [6.45, 7) is 9.63. The predicted molar refractivity (Wildman–Crippen MR) is 136 cm³/mol. The van der Waals surface area contributed by atoms with Crippen LogP contribution < -0.4 is 4.74 Å². The third kappa shape index (κ3) is 6.43. The van der Waals surface area contributed by atoms with Crippen LogP contribution in [0, 0.1) is 12.3 Å². The molecule has 1 aliphatic rings. The Morgan fingerprint density at radius 2 is 1.67 bits per heavy atom. The molecule has 0 bridgehead atoms. The largest absolute Gasteiger partial charge is 0.492 e. The number of rotatable bonds is 9. The molecule has 1 aliphatic heterocycles. The predicted octanol–water partition coefficient (Wildman–Crippen LogP) is 5.59. The van der Waals surface area contributed by atoms with Gasteiger partial charge in [0.1, 0.15) is 12.4 Å². The molecule has 0 amide bonds. The number of pyridine rings is 1. The molecule has 1 fully saturated rings. The van der Waals surface area contributed by atoms with E-state index in [4.69, 9.17) is 9.72 Å². The number of nitrogens with zero attached hydrogens (tertiary/aromatic N) is 3. The van der Waals surface area contributed by atoms with Crippen molar-refractivity contribution in [2.45, 2.75) is 32.7 Å². The Balaban J connectivity index is 1.35. The second-order valence-electron chi connectivity index (χ2n) is 9.80. The van der Waals surface area contributed by atoms with Crippen molar-refractivity contribution >= 4 is 0 Å². The summed E-state index contributed by atoms with van der Waals surface area (Å²) in [7, 11) is 2.25. The monoisotopic (exact) mass is 443 g/mol. The van der Waals surface area contributed by atoms with E-state index in [0.29, 0.717) is 5.41 Å². The zero-order chi connectivity index (χ0) is 23.1. The van der Waals surface area contributed by atoms with Crippen LogP contribution in [0.25, 0.3) is 0 Å². The molecule has 0 radical (unpaired) electrons. The van der Waals surface area contributed by atoms with Crippen molar-refractivity contribution in [2.24, 2.45) is 5.41 Å². The molecule has 0 aliphatic carbocycles. The average Bonchev–Trinajstić information content (AvgIpc) is 2.83. The average molecular weight is 444 g/mol. The molecule has 0 unspecified atom stereocenters. The van der Waals surface area contributed by atoms with Crippen molar-refractivity contribution in [3.05, 3.63) is 95.8 Å². The molecular formula is C29H37N3O. The number of hydrogen-bond acceptors (Lipinski definition) is 4. The molecule has 174 valence electrons. The van der Waals surface area contributed by atoms with E-state index in [9.17, 15) is 0 Å². The molecule has 1 saturated heterocycles. The van der Waals surface area contributed by atoms with Gasteiger partial charge in [0, 0.05) is 19.3 Å². The van der Waals surface area contributed by atoms with E-state index in [1.807, 2.05) is 42.6 Å². The SMILES string of the molecule is Cc1ccc([C@@H](c2ccccn2)N(C)CC2(C)CCN(CCOc3ccccc3)CC2)cc1. The van der Waals surface area contributed by atoms with Crippen molar-refractivity contribution in [2.75, 3.05) is 39.8 Å². The van der Waals surface area contributed by atoms with Crippen molar-refractivity contribution < 1.29 is 4.74 Å². The lowest BCUT2D eigenvalue weighted by Gasteiger charge is -2.43. The van der Waals surface area contributed by atoms with Crippen LogP contribution in [0.2, 0.25) is 0 Å². The van der Waals surface area contributed by atoms with Gasteiger partial charge in [-0.25, -0.2) is 0 Å². The molecule has 33 heavy (non-hydrogen) atoms. The van der Waals surface area contributed by atoms with Crippen LogP contribution in [0.5, 0.6) is 5.75 Å². The molecule has 4 rings (SSSR count). The number of likely N-dealkylation sites (tertiary alicyclic amines) is 1. The third-order valence-corrected chi connectivity index (χ3v) is 6.92. The summed E-state index contributed by atoms with van der Waals surface area (Å²) in [5.41, 5.74) is 4.00. The van der Waals surface area contributed by atoms with E-state index in [2.05, 4.69) is 67.1 Å². The van der Waals surface area contributed by atoms with Crippen LogP contribution in [0.1, 0.15) is 42.6 Å². The highest BCUT2D eigenvalue weighted by molar-refractivity contribution is 5.30. The van der Waals surface area contributed by atoms with Crippen LogP contribution in [0.3, 0.4) is 0 Å². The van der Waals surface area contributed by atoms with Gasteiger partial charge in [-0.2, -0.15) is 0 Å². The number of ether oxygens (including phenoxy) is 1. The fourth-order valence-electron chi connectivity index (χ4n) is 4.91. The smallest absolute Gasteiger partial charge is 0.119 e. The van der Waals surface area contributed by atoms with Crippen molar-refractivity contribution in [1.29, 1.82) is 0 Å². The molecule has 0 saturated carbocycles. The molecule has 2 heterocycles. The number of aromatic nitrogens is 1. The number of para-hydroxylation sites is 1. The minimum Gasteiger partial charge on any atom is -0.492 e. The van der Waals surface area contributed by atoms with Gasteiger partial charge >= 0.3 is 0 Å². The van der Waals surface area contributed by atoms with E-state index < -0.39 is 0 Å². The van der Waals surface area contributed by atoms with Gasteiger partial charge < -0.3 is 4.74 Å². The van der Waals surface area contributed by atoms with Gasteiger partial charge in [-0.05, 0) is 75.1 Å². The molecule has 4 heteroatoms. The lowest BCUT2D eigenvalue weighted by Crippen LogP contribution is -2.45. The van der Waals surface area contributed by atoms with Gasteiger partial charge in [0.2, 0.25) is 0 Å². The maximum absolute atomic E-state index is 5.91. The Morgan fingerprint density at radius 3 is 2.33 bits per heavy atom. The normalized spacial score (nSPS) is 17.1. The van der Waals surface area contributed by atoms with Gasteiger partial charge in [-0.15, -0.1) is 0 Å². The highest BCUT2D eigenvalue weighted by atomic mass is 16.5. The van der Waals surface area contributed by atoms with Crippen LogP contribution in [0.4, 0.5) is 0 Å². The first kappa shape index (κ1) is 23.5. The van der Waals surface area contributed by atoms with Gasteiger partial charge in [0.05, 0.1) is 11.7 Å². The maximum atomic E-state index is 5.91. The summed E-state index contributed by atoms with van der Waals surface area (Å²) < 4.78 is 5.91. The summed E-state index contributed by atoms with van der Waals surface area (Å²) >= 11 is 0. The quantitative estimate of drug-likeness (QED) is 0.431. The minimum atomic E-state index is 0.168. The minimum absolute atomic E-state index is 0.168. The Morgan fingerprint density at radius 1 is 0.970 bits per heavy atom. The Hall–Kier alpha value is -2.69. The summed E-state index contributed by atoms with van der Waals surface area (Å²) in [6, 6.07) is 25.4. The molecule has 1 atom stereocenters. The standard InChI is InChI=1S/C29H37N3O/c1-24-12-14-25(15-13-24)28(27-11-7-8-18-30-27)31(3)23-29(2)16-19-32(20-17-29)21-22-33-26-9-5-4-6-10-26/h4-15,18,28H,16-17,19-23H2,1-3H3/t28-/m0/s1. The molecule has 4 nitrogen and oxygen atoms in total. The van der Waals surface area contributed by atoms with Crippen molar-refractivity contribution in [3.8, 4) is 5.75 Å². The van der Waals surface area contributed by atoms with E-state index in [1.165, 1.54) is 24.0 Å². The second kappa shape index (κ2) is 11.0. The fourth-order valence-corrected chi connectivity index (χ4v) is 4.91. The summed E-state index contributed by atoms with van der Waals surface area (Å²) in [5.74, 6) is 0.956. The lowest BCUT2D eigenvalue weighted by atomic mass is 9.79. The first-order valence-corrected chi connectivity index (χ1v) is 12.1. The first-order chi connectivity index (χ1) is 16.0. The zero-order valence-electron chi connectivity index (χ0n) is 20.3. The number of hydrogen-bond donors (Lipinski definition) is 0. The molecule has 1 aromatic heterocycles. The zero-order valence-corrected chi connectivity index (χ0v) is 20.3. The van der Waals surface area contributed by atoms with Gasteiger partial charge in [0.15, 0.2) is 0 Å². The van der Waals surface area contributed by atoms with E-state index in [0.717, 1.165) is 44.2 Å². The maximum Gasteiger partial charge on any atom is 0.119 e. The first-order valence-electron chi connectivity index (χ1n) is 12.1. The topological polar surface area (TPSA) is 28.6 Å². The second-order valence-corrected chi connectivity index (χ2v) is 9.80. The molecular weight excluding hydrogens is 406 g/mol. The van der Waals surface area contributed by atoms with Crippen molar-refractivity contribution in [3.63, 3.8) is 0 Å². The molecule has 0 N–H and O–H groups in total. The van der Waals surface area contributed by atoms with E-state index >= 15 is 0 Å². The van der Waals surface area contributed by atoms with E-state index in [-0.39, 0.29) is 6.04 Å². The van der Waals surface area contributed by atoms with Crippen LogP contribution >= 0.6 is 0 Å². The molecule has 3 aromatic rings. The molecule has 0 spiro atoms. The Kier molecular flexibility index (Phi) is 7.79. The Labute approximate surface area is 199 Å². The van der Waals surface area contributed by atoms with Crippen LogP contribution in [-0.4, -0.2) is 54.6 Å². The summed E-state index contributed by atoms with van der Waals surface area (Å²) in [6.07, 6.45) is 4.30. The number of aryl methyl sites for hydroxylation is 1. The summed E-state index contributed by atoms with van der Waals surface area (Å²) in [4.78, 5) is 9.77. The number of piperidine rings is 1. The highest BCUT2D eigenvalue weighted by Gasteiger charge is 2.33. The number of benzene rings is 2. The van der Waals surface area contributed by atoms with Crippen LogP contribution in [0.15, 0.2) is 79.0 Å². The summed E-state index contributed by atoms with van der Waals surface area (Å²) in [5, 5.41) is 0. The van der Waals surface area contributed by atoms with Gasteiger partial charge in [-0.3, -0.25) is 14.8 Å². The Bertz CT molecular complexity index is 967. The van der Waals surface area contributed by atoms with Gasteiger partial charge in [0.25, 0.3) is 0 Å². The van der Waals surface area contributed by atoms with Gasteiger partial charge in [-0.1, -0.05) is 61.0 Å². The van der Waals surface area contributed by atoms with Crippen LogP contribution in [-0.2, 0) is 0 Å². The van der Waals surface area contributed by atoms with Crippen molar-refractivity contribution in [1.82, 2.24) is 14.8 Å². The third-order valence-electron chi connectivity index (χ3n) is 6.92. The fraction of sp³-hybridized carbons (Fsp3) is 0.414. The lowest BCUT2D eigenvalue weighted by molar-refractivity contribution is 0.0675. The van der Waals surface area contributed by atoms with E-state index in [1.54, 1.807) is 0 Å².